The quantitative estimate of drug-likeness (QED) is 0.776. The normalized spacial score (nSPS) is 22.0. The van der Waals surface area contributed by atoms with Crippen molar-refractivity contribution in [3.05, 3.63) is 32.9 Å². The Balaban J connectivity index is 2.27. The van der Waals surface area contributed by atoms with Gasteiger partial charge < -0.3 is 5.32 Å². The third kappa shape index (κ3) is 1.50. The number of nitrogens with one attached hydrogen (secondary N) is 1. The highest BCUT2D eigenvalue weighted by atomic mass is 127. The molecule has 1 aliphatic heterocycles. The maximum Gasteiger partial charge on any atom is 0.0332 e. The Labute approximate surface area is 86.7 Å². The number of hydrogen-bond acceptors (Lipinski definition) is 1. The van der Waals surface area contributed by atoms with Crippen LogP contribution in [0.1, 0.15) is 23.6 Å². The third-order valence-electron chi connectivity index (χ3n) is 2.41. The van der Waals surface area contributed by atoms with Crippen molar-refractivity contribution in [1.82, 2.24) is 5.32 Å². The van der Waals surface area contributed by atoms with Gasteiger partial charge in [-0.25, -0.2) is 0 Å². The first-order valence-corrected chi connectivity index (χ1v) is 5.34. The van der Waals surface area contributed by atoms with E-state index in [9.17, 15) is 0 Å². The van der Waals surface area contributed by atoms with Gasteiger partial charge in [-0.05, 0) is 59.7 Å². The predicted octanol–water partition coefficient (Wildman–Crippen LogP) is 2.63. The molecule has 0 spiro atoms. The summed E-state index contributed by atoms with van der Waals surface area (Å²) in [5.74, 6) is 0. The van der Waals surface area contributed by atoms with E-state index in [1.54, 1.807) is 0 Å². The van der Waals surface area contributed by atoms with Crippen molar-refractivity contribution >= 4 is 22.6 Å². The highest BCUT2D eigenvalue weighted by Crippen LogP contribution is 2.24. The van der Waals surface area contributed by atoms with Crippen molar-refractivity contribution < 1.29 is 0 Å². The van der Waals surface area contributed by atoms with Crippen LogP contribution < -0.4 is 5.32 Å². The fraction of sp³-hybridized carbons (Fsp3) is 0.400. The van der Waals surface area contributed by atoms with Crippen molar-refractivity contribution in [2.24, 2.45) is 0 Å². The molecule has 1 fully saturated rings. The minimum atomic E-state index is 0.626. The van der Waals surface area contributed by atoms with Crippen LogP contribution in [-0.4, -0.2) is 6.54 Å². The number of hydrogen-bond donors (Lipinski definition) is 1. The zero-order valence-corrected chi connectivity index (χ0v) is 9.26. The van der Waals surface area contributed by atoms with E-state index in [4.69, 9.17) is 0 Å². The molecule has 1 aromatic carbocycles. The van der Waals surface area contributed by atoms with Crippen LogP contribution in [0.5, 0.6) is 0 Å². The fourth-order valence-electron chi connectivity index (χ4n) is 1.46. The van der Waals surface area contributed by atoms with Crippen molar-refractivity contribution in [2.45, 2.75) is 19.4 Å². The smallest absolute Gasteiger partial charge is 0.0332 e. The van der Waals surface area contributed by atoms with Gasteiger partial charge in [-0.15, -0.1) is 0 Å². The topological polar surface area (TPSA) is 12.0 Å². The average Bonchev–Trinajstić information content (AvgIpc) is 1.93. The van der Waals surface area contributed by atoms with E-state index in [2.05, 4.69) is 53.0 Å². The van der Waals surface area contributed by atoms with Crippen LogP contribution in [0.3, 0.4) is 0 Å². The molecule has 0 saturated carbocycles. The molecular formula is C10H12IN. The molecule has 1 unspecified atom stereocenters. The standard InChI is InChI=1S/C10H12IN/c1-7-6-8(2-3-9(7)11)10-4-5-12-10/h2-3,6,10,12H,4-5H2,1H3. The van der Waals surface area contributed by atoms with Gasteiger partial charge in [0.1, 0.15) is 0 Å². The maximum absolute atomic E-state index is 3.41. The second-order valence-corrected chi connectivity index (χ2v) is 4.47. The van der Waals surface area contributed by atoms with Gasteiger partial charge in [0.05, 0.1) is 0 Å². The second-order valence-electron chi connectivity index (χ2n) is 3.30. The van der Waals surface area contributed by atoms with Crippen LogP contribution in [0.2, 0.25) is 0 Å². The molecule has 0 radical (unpaired) electrons. The molecule has 1 N–H and O–H groups in total. The molecular weight excluding hydrogens is 261 g/mol. The highest BCUT2D eigenvalue weighted by Gasteiger charge is 2.18. The maximum atomic E-state index is 3.41. The molecule has 0 bridgehead atoms. The minimum absolute atomic E-state index is 0.626. The van der Waals surface area contributed by atoms with Crippen LogP contribution in [0.25, 0.3) is 0 Å². The van der Waals surface area contributed by atoms with E-state index < -0.39 is 0 Å². The van der Waals surface area contributed by atoms with E-state index in [1.165, 1.54) is 27.7 Å². The lowest BCUT2D eigenvalue weighted by Crippen LogP contribution is -2.34. The molecule has 2 heteroatoms. The monoisotopic (exact) mass is 273 g/mol. The number of benzene rings is 1. The summed E-state index contributed by atoms with van der Waals surface area (Å²) in [6.45, 7) is 3.35. The van der Waals surface area contributed by atoms with Crippen molar-refractivity contribution in [3.63, 3.8) is 0 Å². The van der Waals surface area contributed by atoms with E-state index in [-0.39, 0.29) is 0 Å². The highest BCUT2D eigenvalue weighted by molar-refractivity contribution is 14.1. The summed E-state index contributed by atoms with van der Waals surface area (Å²) in [6, 6.07) is 7.34. The molecule has 1 aromatic rings. The summed E-state index contributed by atoms with van der Waals surface area (Å²) in [5.41, 5.74) is 2.83. The van der Waals surface area contributed by atoms with Gasteiger partial charge >= 0.3 is 0 Å². The first kappa shape index (κ1) is 8.51. The largest absolute Gasteiger partial charge is 0.310 e. The SMILES string of the molecule is Cc1cc(C2CCN2)ccc1I. The molecule has 0 amide bonds. The summed E-state index contributed by atoms with van der Waals surface area (Å²) >= 11 is 2.37. The summed E-state index contributed by atoms with van der Waals surface area (Å²) in [4.78, 5) is 0. The van der Waals surface area contributed by atoms with Crippen LogP contribution >= 0.6 is 22.6 Å². The summed E-state index contributed by atoms with van der Waals surface area (Å²) in [7, 11) is 0. The second kappa shape index (κ2) is 3.34. The Morgan fingerprint density at radius 3 is 2.75 bits per heavy atom. The lowest BCUT2D eigenvalue weighted by atomic mass is 9.97. The van der Waals surface area contributed by atoms with Gasteiger partial charge in [-0.1, -0.05) is 12.1 Å². The zero-order valence-electron chi connectivity index (χ0n) is 7.10. The third-order valence-corrected chi connectivity index (χ3v) is 3.62. The molecule has 0 aliphatic carbocycles. The number of aryl methyl sites for hydroxylation is 1. The predicted molar refractivity (Wildman–Crippen MR) is 59.3 cm³/mol. The van der Waals surface area contributed by atoms with E-state index in [1.807, 2.05) is 0 Å². The minimum Gasteiger partial charge on any atom is -0.310 e. The van der Waals surface area contributed by atoms with Crippen LogP contribution in [0, 0.1) is 10.5 Å². The fourth-order valence-corrected chi connectivity index (χ4v) is 1.79. The van der Waals surface area contributed by atoms with Gasteiger partial charge in [0.2, 0.25) is 0 Å². The summed E-state index contributed by atoms with van der Waals surface area (Å²) in [5, 5.41) is 3.41. The Bertz CT molecular complexity index is 292. The van der Waals surface area contributed by atoms with Crippen LogP contribution in [-0.2, 0) is 0 Å². The molecule has 0 aromatic heterocycles. The van der Waals surface area contributed by atoms with Gasteiger partial charge in [0.25, 0.3) is 0 Å². The Kier molecular flexibility index (Phi) is 2.37. The Morgan fingerprint density at radius 1 is 1.50 bits per heavy atom. The van der Waals surface area contributed by atoms with Crippen LogP contribution in [0.4, 0.5) is 0 Å². The van der Waals surface area contributed by atoms with Crippen molar-refractivity contribution in [3.8, 4) is 0 Å². The molecule has 12 heavy (non-hydrogen) atoms. The average molecular weight is 273 g/mol. The molecule has 1 heterocycles. The van der Waals surface area contributed by atoms with Gasteiger partial charge in [0.15, 0.2) is 0 Å². The lowest BCUT2D eigenvalue weighted by Gasteiger charge is -2.28. The number of halogens is 1. The molecule has 1 atom stereocenters. The van der Waals surface area contributed by atoms with Crippen molar-refractivity contribution in [1.29, 1.82) is 0 Å². The van der Waals surface area contributed by atoms with Crippen molar-refractivity contribution in [2.75, 3.05) is 6.54 Å². The first-order valence-electron chi connectivity index (χ1n) is 4.27. The van der Waals surface area contributed by atoms with Gasteiger partial charge in [-0.2, -0.15) is 0 Å². The van der Waals surface area contributed by atoms with E-state index in [0.29, 0.717) is 6.04 Å². The van der Waals surface area contributed by atoms with Crippen LogP contribution in [0.15, 0.2) is 18.2 Å². The molecule has 1 saturated heterocycles. The molecule has 64 valence electrons. The van der Waals surface area contributed by atoms with Gasteiger partial charge in [0, 0.05) is 9.61 Å². The molecule has 2 rings (SSSR count). The first-order chi connectivity index (χ1) is 5.77. The lowest BCUT2D eigenvalue weighted by molar-refractivity contribution is 0.383. The van der Waals surface area contributed by atoms with Gasteiger partial charge in [-0.3, -0.25) is 0 Å². The Morgan fingerprint density at radius 2 is 2.25 bits per heavy atom. The number of rotatable bonds is 1. The van der Waals surface area contributed by atoms with E-state index in [0.717, 1.165) is 0 Å². The summed E-state index contributed by atoms with van der Waals surface area (Å²) < 4.78 is 1.36. The Hall–Kier alpha value is -0.0900. The summed E-state index contributed by atoms with van der Waals surface area (Å²) in [6.07, 6.45) is 1.29. The molecule has 1 nitrogen and oxygen atoms in total. The molecule has 1 aliphatic rings. The zero-order chi connectivity index (χ0) is 8.55. The van der Waals surface area contributed by atoms with E-state index >= 15 is 0 Å².